The number of rotatable bonds is 7. The Labute approximate surface area is 197 Å². The van der Waals surface area contributed by atoms with E-state index in [0.717, 1.165) is 33.9 Å². The number of piperidine rings is 1. The number of nitrogens with one attached hydrogen (secondary N) is 1. The molecule has 1 aliphatic heterocycles. The first kappa shape index (κ1) is 21.6. The molecule has 1 amide bonds. The second-order valence-electron chi connectivity index (χ2n) is 8.60. The Kier molecular flexibility index (Phi) is 5.65. The summed E-state index contributed by atoms with van der Waals surface area (Å²) in [6.45, 7) is 4.57. The van der Waals surface area contributed by atoms with Gasteiger partial charge in [0.2, 0.25) is 17.7 Å². The van der Waals surface area contributed by atoms with Crippen LogP contribution in [0.15, 0.2) is 30.3 Å². The van der Waals surface area contributed by atoms with Gasteiger partial charge in [0.05, 0.1) is 36.2 Å². The minimum Gasteiger partial charge on any atom is -0.481 e. The minimum atomic E-state index is 0.0109. The number of anilines is 1. The smallest absolute Gasteiger partial charge is 0.274 e. The third-order valence-electron chi connectivity index (χ3n) is 6.26. The van der Waals surface area contributed by atoms with E-state index in [-0.39, 0.29) is 18.0 Å². The highest BCUT2D eigenvalue weighted by Crippen LogP contribution is 2.49. The molecule has 33 heavy (non-hydrogen) atoms. The van der Waals surface area contributed by atoms with Crippen LogP contribution in [0.25, 0.3) is 10.4 Å². The average molecular weight is 466 g/mol. The summed E-state index contributed by atoms with van der Waals surface area (Å²) in [5, 5.41) is 4.17. The van der Waals surface area contributed by atoms with Gasteiger partial charge in [-0.05, 0) is 38.2 Å². The van der Waals surface area contributed by atoms with Crippen molar-refractivity contribution < 1.29 is 14.3 Å². The van der Waals surface area contributed by atoms with Crippen molar-refractivity contribution in [3.05, 3.63) is 46.6 Å². The number of ether oxygens (including phenoxy) is 2. The topological polar surface area (TPSA) is 89.5 Å². The summed E-state index contributed by atoms with van der Waals surface area (Å²) < 4.78 is 10.5. The van der Waals surface area contributed by atoms with Crippen LogP contribution < -0.4 is 14.8 Å². The molecule has 3 unspecified atom stereocenters. The fourth-order valence-corrected chi connectivity index (χ4v) is 5.54. The number of aryl methyl sites for hydroxylation is 2. The Bertz CT molecular complexity index is 1170. The molecule has 8 nitrogen and oxygen atoms in total. The molecule has 1 N–H and O–H groups in total. The zero-order valence-electron chi connectivity index (χ0n) is 19.2. The molecule has 1 aromatic carbocycles. The molecule has 1 aliphatic carbocycles. The summed E-state index contributed by atoms with van der Waals surface area (Å²) in [5.41, 5.74) is 2.76. The Morgan fingerprint density at radius 1 is 1.12 bits per heavy atom. The lowest BCUT2D eigenvalue weighted by molar-refractivity contribution is 0.0704. The van der Waals surface area contributed by atoms with E-state index >= 15 is 0 Å². The molecule has 0 radical (unpaired) electrons. The van der Waals surface area contributed by atoms with Gasteiger partial charge in [-0.3, -0.25) is 4.79 Å². The van der Waals surface area contributed by atoms with E-state index in [4.69, 9.17) is 9.47 Å². The van der Waals surface area contributed by atoms with Crippen LogP contribution in [0.4, 0.5) is 5.95 Å². The van der Waals surface area contributed by atoms with Gasteiger partial charge in [-0.15, -0.1) is 11.3 Å². The number of methoxy groups -OCH3 is 2. The average Bonchev–Trinajstić information content (AvgIpc) is 3.30. The van der Waals surface area contributed by atoms with E-state index in [0.29, 0.717) is 35.9 Å². The third-order valence-corrected chi connectivity index (χ3v) is 7.28. The molecule has 9 heteroatoms. The Morgan fingerprint density at radius 2 is 1.88 bits per heavy atom. The van der Waals surface area contributed by atoms with Gasteiger partial charge in [-0.2, -0.15) is 9.97 Å². The highest BCUT2D eigenvalue weighted by atomic mass is 32.1. The van der Waals surface area contributed by atoms with Gasteiger partial charge in [0.25, 0.3) is 5.91 Å². The summed E-state index contributed by atoms with van der Waals surface area (Å²) in [4.78, 5) is 30.1. The molecule has 0 spiro atoms. The zero-order valence-corrected chi connectivity index (χ0v) is 20.0. The van der Waals surface area contributed by atoms with E-state index in [1.165, 1.54) is 0 Å². The summed E-state index contributed by atoms with van der Waals surface area (Å²) >= 11 is 1.58. The van der Waals surface area contributed by atoms with Crippen LogP contribution in [0.1, 0.15) is 33.9 Å². The highest BCUT2D eigenvalue weighted by Gasteiger charge is 2.54. The van der Waals surface area contributed by atoms with Gasteiger partial charge in [0.15, 0.2) is 0 Å². The molecule has 5 rings (SSSR count). The Balaban J connectivity index is 1.38. The molecule has 0 bridgehead atoms. The number of hydrogen-bond donors (Lipinski definition) is 1. The van der Waals surface area contributed by atoms with Crippen molar-refractivity contribution in [2.75, 3.05) is 26.1 Å². The molecule has 172 valence electrons. The van der Waals surface area contributed by atoms with Crippen LogP contribution >= 0.6 is 11.3 Å². The predicted octanol–water partition coefficient (Wildman–Crippen LogP) is 3.95. The van der Waals surface area contributed by atoms with Crippen LogP contribution in [0.5, 0.6) is 11.8 Å². The van der Waals surface area contributed by atoms with Crippen LogP contribution in [-0.2, 0) is 0 Å². The van der Waals surface area contributed by atoms with Crippen molar-refractivity contribution >= 4 is 23.2 Å². The van der Waals surface area contributed by atoms with Crippen LogP contribution in [0, 0.1) is 19.8 Å². The first-order valence-corrected chi connectivity index (χ1v) is 11.9. The van der Waals surface area contributed by atoms with Crippen molar-refractivity contribution in [3.8, 4) is 22.2 Å². The quantitative estimate of drug-likeness (QED) is 0.565. The molecule has 2 fully saturated rings. The van der Waals surface area contributed by atoms with Crippen molar-refractivity contribution in [1.82, 2.24) is 19.9 Å². The Morgan fingerprint density at radius 3 is 2.58 bits per heavy atom. The van der Waals surface area contributed by atoms with Crippen molar-refractivity contribution in [2.24, 2.45) is 5.92 Å². The summed E-state index contributed by atoms with van der Waals surface area (Å²) in [7, 11) is 3.11. The number of nitrogens with zero attached hydrogens (tertiary/aromatic N) is 4. The summed E-state index contributed by atoms with van der Waals surface area (Å²) in [6.07, 6.45) is 2.03. The Hall–Kier alpha value is -3.20. The molecular formula is C24H27N5O3S. The zero-order chi connectivity index (χ0) is 23.1. The maximum absolute atomic E-state index is 13.8. The summed E-state index contributed by atoms with van der Waals surface area (Å²) in [5.74, 6) is 1.84. The molecule has 3 atom stereocenters. The van der Waals surface area contributed by atoms with E-state index in [1.807, 2.05) is 24.0 Å². The fraction of sp³-hybridized carbons (Fsp3) is 0.417. The first-order chi connectivity index (χ1) is 16.0. The molecule has 1 saturated heterocycles. The number of likely N-dealkylation sites (tertiary alicyclic amines) is 1. The molecule has 1 saturated carbocycles. The number of thiazole rings is 1. The largest absolute Gasteiger partial charge is 0.481 e. The number of fused-ring (bicyclic) bond motifs is 1. The molecule has 2 aromatic heterocycles. The van der Waals surface area contributed by atoms with E-state index in [9.17, 15) is 4.79 Å². The lowest BCUT2D eigenvalue weighted by atomic mass is 10.1. The van der Waals surface area contributed by atoms with Crippen LogP contribution in [0.2, 0.25) is 0 Å². The number of carbonyl (C=O) groups excluding carboxylic acids is 1. The lowest BCUT2D eigenvalue weighted by Gasteiger charge is -2.27. The second kappa shape index (κ2) is 8.62. The first-order valence-electron chi connectivity index (χ1n) is 11.0. The third kappa shape index (κ3) is 4.25. The standard InChI is InChI=1S/C24H27N5O3S/c1-13-6-5-7-15(8-13)22-21(26-14(2)33-22)23(30)29-17(9-16-10-18(16)29)12-25-24-27-19(31-3)11-20(28-24)32-4/h5-8,11,16-18H,9-10,12H2,1-4H3,(H,25,27,28). The van der Waals surface area contributed by atoms with Gasteiger partial charge >= 0.3 is 0 Å². The number of hydrogen-bond acceptors (Lipinski definition) is 8. The molecular weight excluding hydrogens is 438 g/mol. The van der Waals surface area contributed by atoms with E-state index in [2.05, 4.69) is 39.3 Å². The van der Waals surface area contributed by atoms with Crippen LogP contribution in [-0.4, -0.2) is 58.6 Å². The highest BCUT2D eigenvalue weighted by molar-refractivity contribution is 7.15. The molecule has 2 aliphatic rings. The van der Waals surface area contributed by atoms with Crippen molar-refractivity contribution in [3.63, 3.8) is 0 Å². The SMILES string of the molecule is COc1cc(OC)nc(NCC2CC3CC3N2C(=O)c2nc(C)sc2-c2cccc(C)c2)n1. The van der Waals surface area contributed by atoms with Gasteiger partial charge in [0.1, 0.15) is 5.69 Å². The fourth-order valence-electron chi connectivity index (χ4n) is 4.64. The summed E-state index contributed by atoms with van der Waals surface area (Å²) in [6, 6.07) is 10.2. The van der Waals surface area contributed by atoms with Gasteiger partial charge in [-0.25, -0.2) is 4.98 Å². The monoisotopic (exact) mass is 465 g/mol. The van der Waals surface area contributed by atoms with E-state index in [1.54, 1.807) is 31.6 Å². The van der Waals surface area contributed by atoms with Gasteiger partial charge < -0.3 is 19.7 Å². The maximum atomic E-state index is 13.8. The normalized spacial score (nSPS) is 21.0. The second-order valence-corrected chi connectivity index (χ2v) is 9.81. The maximum Gasteiger partial charge on any atom is 0.274 e. The molecule has 3 aromatic rings. The van der Waals surface area contributed by atoms with E-state index < -0.39 is 0 Å². The lowest BCUT2D eigenvalue weighted by Crippen LogP contribution is -2.42. The van der Waals surface area contributed by atoms with Crippen LogP contribution in [0.3, 0.4) is 0 Å². The predicted molar refractivity (Wildman–Crippen MR) is 127 cm³/mol. The molecule has 3 heterocycles. The van der Waals surface area contributed by atoms with Gasteiger partial charge in [-0.1, -0.05) is 29.8 Å². The number of benzene rings is 1. The van der Waals surface area contributed by atoms with Gasteiger partial charge in [0, 0.05) is 12.6 Å². The van der Waals surface area contributed by atoms with Crippen molar-refractivity contribution in [1.29, 1.82) is 0 Å². The minimum absolute atomic E-state index is 0.0109. The number of amides is 1. The number of aromatic nitrogens is 3. The van der Waals surface area contributed by atoms with Crippen molar-refractivity contribution in [2.45, 2.75) is 38.8 Å². The number of carbonyl (C=O) groups is 1.